The molecule has 0 aromatic heterocycles. The molecule has 0 fully saturated rings. The minimum absolute atomic E-state index is 0.0569. The molecule has 0 aliphatic carbocycles. The third-order valence-electron chi connectivity index (χ3n) is 3.14. The van der Waals surface area contributed by atoms with Crippen molar-refractivity contribution in [2.24, 2.45) is 0 Å². The van der Waals surface area contributed by atoms with E-state index in [9.17, 15) is 9.59 Å². The van der Waals surface area contributed by atoms with Crippen LogP contribution in [0.2, 0.25) is 0 Å². The molecular weight excluding hydrogens is 242 g/mol. The maximum atomic E-state index is 11.9. The van der Waals surface area contributed by atoms with E-state index in [1.54, 1.807) is 12.1 Å². The van der Waals surface area contributed by atoms with E-state index in [1.807, 2.05) is 18.0 Å². The zero-order valence-electron chi connectivity index (χ0n) is 11.3. The lowest BCUT2D eigenvalue weighted by molar-refractivity contribution is -0.115. The van der Waals surface area contributed by atoms with Gasteiger partial charge < -0.3 is 15.5 Å². The summed E-state index contributed by atoms with van der Waals surface area (Å²) in [6, 6.07) is 5.38. The van der Waals surface area contributed by atoms with Gasteiger partial charge in [0, 0.05) is 19.2 Å². The van der Waals surface area contributed by atoms with Gasteiger partial charge in [-0.3, -0.25) is 9.59 Å². The van der Waals surface area contributed by atoms with Gasteiger partial charge in [-0.05, 0) is 24.6 Å². The van der Waals surface area contributed by atoms with Crippen molar-refractivity contribution in [1.29, 1.82) is 0 Å². The van der Waals surface area contributed by atoms with Gasteiger partial charge >= 0.3 is 0 Å². The Balaban J connectivity index is 2.14. The van der Waals surface area contributed by atoms with Crippen molar-refractivity contribution in [3.05, 3.63) is 23.8 Å². The maximum Gasteiger partial charge on any atom is 0.251 e. The second-order valence-electron chi connectivity index (χ2n) is 4.75. The van der Waals surface area contributed by atoms with E-state index in [0.717, 1.165) is 18.5 Å². The number of unbranched alkanes of at least 4 members (excludes halogenated alkanes) is 1. The number of hydrogen-bond acceptors (Lipinski definition) is 3. The Bertz CT molecular complexity index is 499. The Labute approximate surface area is 113 Å². The van der Waals surface area contributed by atoms with Crippen LogP contribution < -0.4 is 15.5 Å². The molecule has 0 atom stereocenters. The summed E-state index contributed by atoms with van der Waals surface area (Å²) >= 11 is 0. The van der Waals surface area contributed by atoms with Crippen molar-refractivity contribution in [2.45, 2.75) is 19.8 Å². The highest BCUT2D eigenvalue weighted by Gasteiger charge is 2.20. The number of carbonyl (C=O) groups is 2. The summed E-state index contributed by atoms with van der Waals surface area (Å²) in [6.07, 6.45) is 2.02. The summed E-state index contributed by atoms with van der Waals surface area (Å²) in [5.41, 5.74) is 2.21. The molecule has 19 heavy (non-hydrogen) atoms. The highest BCUT2D eigenvalue weighted by Crippen LogP contribution is 2.29. The van der Waals surface area contributed by atoms with Crippen LogP contribution >= 0.6 is 0 Å². The molecule has 0 spiro atoms. The molecule has 1 aromatic carbocycles. The van der Waals surface area contributed by atoms with E-state index < -0.39 is 0 Å². The molecule has 1 aliphatic rings. The Kier molecular flexibility index (Phi) is 4.04. The molecule has 2 N–H and O–H groups in total. The van der Waals surface area contributed by atoms with Crippen molar-refractivity contribution in [2.75, 3.05) is 30.4 Å². The Morgan fingerprint density at radius 1 is 1.47 bits per heavy atom. The van der Waals surface area contributed by atoms with Gasteiger partial charge in [0.05, 0.1) is 17.9 Å². The summed E-state index contributed by atoms with van der Waals surface area (Å²) in [7, 11) is 1.86. The molecule has 5 nitrogen and oxygen atoms in total. The van der Waals surface area contributed by atoms with E-state index >= 15 is 0 Å². The van der Waals surface area contributed by atoms with E-state index in [1.165, 1.54) is 0 Å². The van der Waals surface area contributed by atoms with Crippen LogP contribution in [0.25, 0.3) is 0 Å². The molecule has 0 saturated heterocycles. The lowest BCUT2D eigenvalue weighted by Gasteiger charge is -2.27. The highest BCUT2D eigenvalue weighted by molar-refractivity contribution is 6.03. The van der Waals surface area contributed by atoms with Gasteiger partial charge in [0.1, 0.15) is 0 Å². The van der Waals surface area contributed by atoms with Gasteiger partial charge in [-0.15, -0.1) is 0 Å². The first kappa shape index (κ1) is 13.4. The SMILES string of the molecule is CCCCNC(=O)c1ccc2c(c1)NC(=O)CN2C. The lowest BCUT2D eigenvalue weighted by atomic mass is 10.1. The van der Waals surface area contributed by atoms with Gasteiger partial charge in [-0.25, -0.2) is 0 Å². The summed E-state index contributed by atoms with van der Waals surface area (Å²) in [4.78, 5) is 25.3. The number of nitrogens with zero attached hydrogens (tertiary/aromatic N) is 1. The largest absolute Gasteiger partial charge is 0.364 e. The van der Waals surface area contributed by atoms with Gasteiger partial charge in [0.15, 0.2) is 0 Å². The first-order valence-corrected chi connectivity index (χ1v) is 6.55. The summed E-state index contributed by atoms with van der Waals surface area (Å²) < 4.78 is 0. The number of benzene rings is 1. The molecule has 0 bridgehead atoms. The molecule has 1 aliphatic heterocycles. The van der Waals surface area contributed by atoms with E-state index in [-0.39, 0.29) is 11.8 Å². The van der Waals surface area contributed by atoms with Crippen LogP contribution in [0.4, 0.5) is 11.4 Å². The van der Waals surface area contributed by atoms with Crippen LogP contribution in [-0.2, 0) is 4.79 Å². The smallest absolute Gasteiger partial charge is 0.251 e. The molecule has 2 amide bonds. The summed E-state index contributed by atoms with van der Waals surface area (Å²) in [5, 5.41) is 5.66. The normalized spacial score (nSPS) is 13.8. The molecule has 0 saturated carbocycles. The number of hydrogen-bond donors (Lipinski definition) is 2. The van der Waals surface area contributed by atoms with E-state index in [4.69, 9.17) is 0 Å². The fourth-order valence-electron chi connectivity index (χ4n) is 2.08. The van der Waals surface area contributed by atoms with Gasteiger partial charge in [0.25, 0.3) is 5.91 Å². The molecule has 0 unspecified atom stereocenters. The molecule has 2 rings (SSSR count). The van der Waals surface area contributed by atoms with Crippen LogP contribution in [0.1, 0.15) is 30.1 Å². The van der Waals surface area contributed by atoms with E-state index in [2.05, 4.69) is 17.6 Å². The molecule has 1 aromatic rings. The van der Waals surface area contributed by atoms with Crippen LogP contribution in [0.5, 0.6) is 0 Å². The second-order valence-corrected chi connectivity index (χ2v) is 4.75. The first-order chi connectivity index (χ1) is 9.11. The second kappa shape index (κ2) is 5.73. The minimum Gasteiger partial charge on any atom is -0.364 e. The van der Waals surface area contributed by atoms with Crippen molar-refractivity contribution in [1.82, 2.24) is 5.32 Å². The topological polar surface area (TPSA) is 61.4 Å². The van der Waals surface area contributed by atoms with Crippen LogP contribution in [0.3, 0.4) is 0 Å². The van der Waals surface area contributed by atoms with Crippen molar-refractivity contribution in [3.63, 3.8) is 0 Å². The van der Waals surface area contributed by atoms with Crippen molar-refractivity contribution < 1.29 is 9.59 Å². The predicted molar refractivity (Wildman–Crippen MR) is 75.6 cm³/mol. The standard InChI is InChI=1S/C14H19N3O2/c1-3-4-7-15-14(19)10-5-6-12-11(8-10)16-13(18)9-17(12)2/h5-6,8H,3-4,7,9H2,1-2H3,(H,15,19)(H,16,18). The average molecular weight is 261 g/mol. The third-order valence-corrected chi connectivity index (χ3v) is 3.14. The van der Waals surface area contributed by atoms with Crippen molar-refractivity contribution >= 4 is 23.2 Å². The predicted octanol–water partition coefficient (Wildman–Crippen LogP) is 1.60. The fraction of sp³-hybridized carbons (Fsp3) is 0.429. The first-order valence-electron chi connectivity index (χ1n) is 6.55. The molecule has 0 radical (unpaired) electrons. The van der Waals surface area contributed by atoms with Gasteiger partial charge in [-0.2, -0.15) is 0 Å². The van der Waals surface area contributed by atoms with Crippen LogP contribution in [0.15, 0.2) is 18.2 Å². The van der Waals surface area contributed by atoms with Crippen LogP contribution in [-0.4, -0.2) is 32.0 Å². The monoisotopic (exact) mass is 261 g/mol. The Morgan fingerprint density at radius 2 is 2.26 bits per heavy atom. The number of likely N-dealkylation sites (N-methyl/N-ethyl adjacent to an activating group) is 1. The minimum atomic E-state index is -0.0984. The number of anilines is 2. The highest BCUT2D eigenvalue weighted by atomic mass is 16.2. The van der Waals surface area contributed by atoms with Crippen LogP contribution in [0, 0.1) is 0 Å². The van der Waals surface area contributed by atoms with Gasteiger partial charge in [-0.1, -0.05) is 13.3 Å². The quantitative estimate of drug-likeness (QED) is 0.809. The van der Waals surface area contributed by atoms with Crippen molar-refractivity contribution in [3.8, 4) is 0 Å². The number of nitrogens with one attached hydrogen (secondary N) is 2. The van der Waals surface area contributed by atoms with E-state index in [0.29, 0.717) is 24.3 Å². The molecular formula is C14H19N3O2. The average Bonchev–Trinajstić information content (AvgIpc) is 2.38. The Morgan fingerprint density at radius 3 is 3.00 bits per heavy atom. The number of fused-ring (bicyclic) bond motifs is 1. The summed E-state index contributed by atoms with van der Waals surface area (Å²) in [5.74, 6) is -0.155. The molecule has 1 heterocycles. The zero-order valence-corrected chi connectivity index (χ0v) is 11.3. The Hall–Kier alpha value is -2.04. The molecule has 102 valence electrons. The number of amides is 2. The molecule has 5 heteroatoms. The fourth-order valence-corrected chi connectivity index (χ4v) is 2.08. The summed E-state index contributed by atoms with van der Waals surface area (Å²) in [6.45, 7) is 3.10. The maximum absolute atomic E-state index is 11.9. The third kappa shape index (κ3) is 3.05. The zero-order chi connectivity index (χ0) is 13.8. The lowest BCUT2D eigenvalue weighted by Crippen LogP contribution is -2.35. The number of carbonyl (C=O) groups excluding carboxylic acids is 2. The number of rotatable bonds is 4. The van der Waals surface area contributed by atoms with Gasteiger partial charge in [0.2, 0.25) is 5.91 Å².